The van der Waals surface area contributed by atoms with E-state index in [2.05, 4.69) is 4.90 Å². The zero-order valence-corrected chi connectivity index (χ0v) is 15.9. The predicted molar refractivity (Wildman–Crippen MR) is 106 cm³/mol. The molecule has 1 aliphatic heterocycles. The molecule has 0 radical (unpaired) electrons. The van der Waals surface area contributed by atoms with Crippen molar-refractivity contribution < 1.29 is 14.2 Å². The normalized spacial score (nSPS) is 15.7. The summed E-state index contributed by atoms with van der Waals surface area (Å²) in [4.78, 5) is 2.31. The van der Waals surface area contributed by atoms with E-state index in [1.165, 1.54) is 6.07 Å². The average Bonchev–Trinajstić information content (AvgIpc) is 3.13. The summed E-state index contributed by atoms with van der Waals surface area (Å²) >= 11 is 0. The van der Waals surface area contributed by atoms with E-state index in [4.69, 9.17) is 9.84 Å². The Hall–Kier alpha value is -2.70. The zero-order valence-electron chi connectivity index (χ0n) is 15.9. The third kappa shape index (κ3) is 3.93. The summed E-state index contributed by atoms with van der Waals surface area (Å²) < 4.78 is 21.2. The highest BCUT2D eigenvalue weighted by Crippen LogP contribution is 2.28. The molecule has 1 aromatic heterocycles. The van der Waals surface area contributed by atoms with Crippen LogP contribution in [-0.2, 0) is 6.54 Å². The first kappa shape index (κ1) is 18.7. The number of rotatable bonds is 5. The van der Waals surface area contributed by atoms with Gasteiger partial charge in [-0.05, 0) is 49.2 Å². The highest BCUT2D eigenvalue weighted by molar-refractivity contribution is 5.64. The molecule has 0 spiro atoms. The Morgan fingerprint density at radius 1 is 1.11 bits per heavy atom. The van der Waals surface area contributed by atoms with Crippen LogP contribution in [-0.4, -0.2) is 46.1 Å². The molecule has 1 N–H and O–H groups in total. The van der Waals surface area contributed by atoms with Crippen LogP contribution in [0.2, 0.25) is 0 Å². The lowest BCUT2D eigenvalue weighted by Gasteiger charge is -2.29. The highest BCUT2D eigenvalue weighted by Gasteiger charge is 2.21. The predicted octanol–water partition coefficient (Wildman–Crippen LogP) is 3.64. The van der Waals surface area contributed by atoms with Crippen LogP contribution in [0.1, 0.15) is 18.4 Å². The van der Waals surface area contributed by atoms with Gasteiger partial charge in [-0.1, -0.05) is 12.1 Å². The lowest BCUT2D eigenvalue weighted by atomic mass is 10.0. The zero-order chi connectivity index (χ0) is 19.5. The van der Waals surface area contributed by atoms with Crippen molar-refractivity contribution in [2.45, 2.75) is 25.5 Å². The molecule has 2 aromatic carbocycles. The van der Waals surface area contributed by atoms with Crippen LogP contribution in [0.5, 0.6) is 5.75 Å². The van der Waals surface area contributed by atoms with Gasteiger partial charge in [0.2, 0.25) is 0 Å². The van der Waals surface area contributed by atoms with Crippen molar-refractivity contribution in [1.82, 2.24) is 14.7 Å². The summed E-state index contributed by atoms with van der Waals surface area (Å²) in [5.74, 6) is 0.475. The fourth-order valence-electron chi connectivity index (χ4n) is 3.60. The summed E-state index contributed by atoms with van der Waals surface area (Å²) in [6.07, 6.45) is 3.25. The smallest absolute Gasteiger partial charge is 0.148 e. The Morgan fingerprint density at radius 2 is 1.82 bits per heavy atom. The monoisotopic (exact) mass is 381 g/mol. The number of benzene rings is 2. The van der Waals surface area contributed by atoms with E-state index in [1.807, 2.05) is 30.5 Å². The molecular weight excluding hydrogens is 357 g/mol. The molecule has 5 nitrogen and oxygen atoms in total. The molecule has 1 saturated heterocycles. The van der Waals surface area contributed by atoms with Gasteiger partial charge in [0.25, 0.3) is 0 Å². The number of methoxy groups -OCH3 is 1. The van der Waals surface area contributed by atoms with Crippen molar-refractivity contribution in [2.24, 2.45) is 0 Å². The molecule has 1 fully saturated rings. The number of aliphatic hydroxyl groups is 1. The minimum Gasteiger partial charge on any atom is -0.497 e. The van der Waals surface area contributed by atoms with Gasteiger partial charge >= 0.3 is 0 Å². The van der Waals surface area contributed by atoms with Gasteiger partial charge in [-0.3, -0.25) is 4.90 Å². The second-order valence-corrected chi connectivity index (χ2v) is 7.13. The number of nitrogens with zero attached hydrogens (tertiary/aromatic N) is 3. The Morgan fingerprint density at radius 3 is 2.50 bits per heavy atom. The van der Waals surface area contributed by atoms with Crippen LogP contribution < -0.4 is 4.74 Å². The largest absolute Gasteiger partial charge is 0.497 e. The number of aliphatic hydroxyl groups excluding tert-OH is 1. The van der Waals surface area contributed by atoms with E-state index in [-0.39, 0.29) is 11.9 Å². The second kappa shape index (κ2) is 8.12. The number of halogens is 1. The van der Waals surface area contributed by atoms with Gasteiger partial charge < -0.3 is 9.84 Å². The Kier molecular flexibility index (Phi) is 5.41. The Labute approximate surface area is 164 Å². The summed E-state index contributed by atoms with van der Waals surface area (Å²) in [5, 5.41) is 14.5. The quantitative estimate of drug-likeness (QED) is 0.733. The summed E-state index contributed by atoms with van der Waals surface area (Å²) in [6, 6.07) is 14.4. The first-order valence-corrected chi connectivity index (χ1v) is 9.52. The first-order valence-electron chi connectivity index (χ1n) is 9.52. The van der Waals surface area contributed by atoms with E-state index in [0.29, 0.717) is 12.2 Å². The van der Waals surface area contributed by atoms with Crippen LogP contribution in [0, 0.1) is 5.82 Å². The summed E-state index contributed by atoms with van der Waals surface area (Å²) in [6.45, 7) is 2.39. The number of likely N-dealkylation sites (tertiary alicyclic amines) is 1. The Balaban J connectivity index is 1.70. The maximum atomic E-state index is 14.3. The second-order valence-electron chi connectivity index (χ2n) is 7.13. The van der Waals surface area contributed by atoms with Crippen LogP contribution in [0.4, 0.5) is 4.39 Å². The van der Waals surface area contributed by atoms with Crippen LogP contribution in [0.25, 0.3) is 16.9 Å². The number of ether oxygens (including phenoxy) is 1. The van der Waals surface area contributed by atoms with Crippen molar-refractivity contribution in [2.75, 3.05) is 20.2 Å². The maximum Gasteiger partial charge on any atom is 0.148 e. The van der Waals surface area contributed by atoms with Gasteiger partial charge in [0.1, 0.15) is 17.3 Å². The van der Waals surface area contributed by atoms with Crippen molar-refractivity contribution in [3.63, 3.8) is 0 Å². The molecule has 0 aliphatic carbocycles. The maximum absolute atomic E-state index is 14.3. The molecule has 146 valence electrons. The molecular formula is C22H24FN3O2. The van der Waals surface area contributed by atoms with Gasteiger partial charge in [-0.25, -0.2) is 9.07 Å². The molecule has 0 atom stereocenters. The molecule has 3 aromatic rings. The summed E-state index contributed by atoms with van der Waals surface area (Å²) in [5.41, 5.74) is 3.25. The van der Waals surface area contributed by atoms with E-state index in [0.717, 1.165) is 48.5 Å². The minimum atomic E-state index is -0.307. The standard InChI is InChI=1S/C22H24FN3O2/c1-28-19-8-6-16(7-9-19)22-17(14-25-12-10-18(27)11-13-25)15-26(24-22)21-5-3-2-4-20(21)23/h2-9,15,18,27H,10-14H2,1H3. The Bertz CT molecular complexity index is 931. The van der Waals surface area contributed by atoms with Crippen LogP contribution in [0.3, 0.4) is 0 Å². The van der Waals surface area contributed by atoms with E-state index in [9.17, 15) is 9.50 Å². The number of piperidine rings is 1. The van der Waals surface area contributed by atoms with Crippen molar-refractivity contribution >= 4 is 0 Å². The molecule has 28 heavy (non-hydrogen) atoms. The molecule has 6 heteroatoms. The fourth-order valence-corrected chi connectivity index (χ4v) is 3.60. The molecule has 0 unspecified atom stereocenters. The third-order valence-electron chi connectivity index (χ3n) is 5.20. The number of aromatic nitrogens is 2. The van der Waals surface area contributed by atoms with Gasteiger partial charge in [-0.2, -0.15) is 5.10 Å². The molecule has 0 saturated carbocycles. The van der Waals surface area contributed by atoms with Crippen molar-refractivity contribution in [3.8, 4) is 22.7 Å². The van der Waals surface area contributed by atoms with Crippen molar-refractivity contribution in [1.29, 1.82) is 0 Å². The van der Waals surface area contributed by atoms with Gasteiger partial charge in [0.15, 0.2) is 0 Å². The van der Waals surface area contributed by atoms with E-state index >= 15 is 0 Å². The van der Waals surface area contributed by atoms with Crippen LogP contribution in [0.15, 0.2) is 54.7 Å². The molecule has 0 amide bonds. The lowest BCUT2D eigenvalue weighted by Crippen LogP contribution is -2.35. The topological polar surface area (TPSA) is 50.5 Å². The van der Waals surface area contributed by atoms with Gasteiger partial charge in [0.05, 0.1) is 18.9 Å². The fraction of sp³-hybridized carbons (Fsp3) is 0.318. The van der Waals surface area contributed by atoms with E-state index in [1.54, 1.807) is 30.0 Å². The van der Waals surface area contributed by atoms with E-state index < -0.39 is 0 Å². The highest BCUT2D eigenvalue weighted by atomic mass is 19.1. The number of para-hydroxylation sites is 1. The molecule has 4 rings (SSSR count). The SMILES string of the molecule is COc1ccc(-c2nn(-c3ccccc3F)cc2CN2CCC(O)CC2)cc1. The minimum absolute atomic E-state index is 0.210. The van der Waals surface area contributed by atoms with Gasteiger partial charge in [-0.15, -0.1) is 0 Å². The van der Waals surface area contributed by atoms with Crippen molar-refractivity contribution in [3.05, 3.63) is 66.1 Å². The number of hydrogen-bond donors (Lipinski definition) is 1. The molecule has 1 aliphatic rings. The number of hydrogen-bond acceptors (Lipinski definition) is 4. The third-order valence-corrected chi connectivity index (χ3v) is 5.20. The van der Waals surface area contributed by atoms with Crippen LogP contribution >= 0.6 is 0 Å². The average molecular weight is 381 g/mol. The lowest BCUT2D eigenvalue weighted by molar-refractivity contribution is 0.0793. The summed E-state index contributed by atoms with van der Waals surface area (Å²) in [7, 11) is 1.64. The first-order chi connectivity index (χ1) is 13.6. The molecule has 2 heterocycles. The molecule has 0 bridgehead atoms. The van der Waals surface area contributed by atoms with Gasteiger partial charge in [0, 0.05) is 37.0 Å².